The molecule has 0 atom stereocenters. The van der Waals surface area contributed by atoms with Crippen molar-refractivity contribution in [1.29, 1.82) is 5.26 Å². The minimum Gasteiger partial charge on any atom is -0.369 e. The van der Waals surface area contributed by atoms with Gasteiger partial charge in [0.2, 0.25) is 0 Å². The van der Waals surface area contributed by atoms with E-state index in [1.165, 1.54) is 0 Å². The minimum atomic E-state index is 0.554. The third-order valence-electron chi connectivity index (χ3n) is 3.71. The topological polar surface area (TPSA) is 52.0 Å². The summed E-state index contributed by atoms with van der Waals surface area (Å²) in [6, 6.07) is 12.5. The summed E-state index contributed by atoms with van der Waals surface area (Å²) in [6.45, 7) is 6.22. The van der Waals surface area contributed by atoms with Crippen LogP contribution >= 0.6 is 0 Å². The molecule has 0 amide bonds. The lowest BCUT2D eigenvalue weighted by atomic mass is 10.1. The molecule has 0 aliphatic rings. The van der Waals surface area contributed by atoms with E-state index in [-0.39, 0.29) is 0 Å². The fourth-order valence-electron chi connectivity index (χ4n) is 2.13. The Morgan fingerprint density at radius 2 is 2.10 bits per heavy atom. The quantitative estimate of drug-likeness (QED) is 0.826. The van der Waals surface area contributed by atoms with E-state index >= 15 is 0 Å². The summed E-state index contributed by atoms with van der Waals surface area (Å²) in [4.78, 5) is 6.86. The predicted octanol–water partition coefficient (Wildman–Crippen LogP) is 3.25. The number of benzene rings is 1. The first kappa shape index (κ1) is 15.3. The van der Waals surface area contributed by atoms with Crippen molar-refractivity contribution in [3.63, 3.8) is 0 Å². The van der Waals surface area contributed by atoms with Gasteiger partial charge in [0, 0.05) is 18.0 Å². The average Bonchev–Trinajstić information content (AvgIpc) is 2.50. The summed E-state index contributed by atoms with van der Waals surface area (Å²) >= 11 is 0. The Balaban J connectivity index is 2.03. The second-order valence-electron chi connectivity index (χ2n) is 5.54. The van der Waals surface area contributed by atoms with Crippen molar-refractivity contribution in [3.05, 3.63) is 35.9 Å². The smallest absolute Gasteiger partial charge is 0.144 e. The highest BCUT2D eigenvalue weighted by Gasteiger charge is 2.07. The Hall–Kier alpha value is -2.12. The summed E-state index contributed by atoms with van der Waals surface area (Å²) in [5, 5.41) is 13.5. The van der Waals surface area contributed by atoms with E-state index in [9.17, 15) is 5.26 Å². The molecule has 2 rings (SSSR count). The zero-order valence-corrected chi connectivity index (χ0v) is 12.9. The number of hydrogen-bond acceptors (Lipinski definition) is 4. The van der Waals surface area contributed by atoms with Crippen LogP contribution in [0.3, 0.4) is 0 Å². The van der Waals surface area contributed by atoms with Gasteiger partial charge in [-0.1, -0.05) is 18.2 Å². The first-order valence-corrected chi connectivity index (χ1v) is 7.36. The van der Waals surface area contributed by atoms with Gasteiger partial charge in [-0.3, -0.25) is 0 Å². The Morgan fingerprint density at radius 3 is 2.81 bits per heavy atom. The third-order valence-corrected chi connectivity index (χ3v) is 3.71. The van der Waals surface area contributed by atoms with Gasteiger partial charge in [-0.2, -0.15) is 5.26 Å². The summed E-state index contributed by atoms with van der Waals surface area (Å²) in [5.74, 6) is 0.684. The van der Waals surface area contributed by atoms with E-state index in [0.29, 0.717) is 17.4 Å². The molecule has 1 aromatic heterocycles. The number of nitrogens with zero attached hydrogens (tertiary/aromatic N) is 3. The predicted molar refractivity (Wildman–Crippen MR) is 87.3 cm³/mol. The molecule has 1 heterocycles. The molecule has 4 heteroatoms. The molecule has 0 saturated carbocycles. The number of nitrogens with one attached hydrogen (secondary N) is 1. The van der Waals surface area contributed by atoms with E-state index in [4.69, 9.17) is 0 Å². The summed E-state index contributed by atoms with van der Waals surface area (Å²) < 4.78 is 0. The van der Waals surface area contributed by atoms with Crippen molar-refractivity contribution in [3.8, 4) is 6.07 Å². The van der Waals surface area contributed by atoms with Gasteiger partial charge in [-0.15, -0.1) is 0 Å². The normalized spacial score (nSPS) is 11.0. The molecule has 4 nitrogen and oxygen atoms in total. The number of hydrogen-bond donors (Lipinski definition) is 1. The molecule has 1 aromatic carbocycles. The number of fused-ring (bicyclic) bond motifs is 1. The van der Waals surface area contributed by atoms with Gasteiger partial charge in [0.25, 0.3) is 0 Å². The van der Waals surface area contributed by atoms with Crippen LogP contribution in [0.25, 0.3) is 10.9 Å². The molecule has 110 valence electrons. The summed E-state index contributed by atoms with van der Waals surface area (Å²) in [6.07, 6.45) is 1.02. The molecule has 2 aromatic rings. The third kappa shape index (κ3) is 3.93. The lowest BCUT2D eigenvalue weighted by molar-refractivity contribution is 0.273. The van der Waals surface area contributed by atoms with E-state index < -0.39 is 0 Å². The van der Waals surface area contributed by atoms with E-state index in [2.05, 4.69) is 42.2 Å². The van der Waals surface area contributed by atoms with Gasteiger partial charge >= 0.3 is 0 Å². The lowest BCUT2D eigenvalue weighted by Gasteiger charge is -2.20. The van der Waals surface area contributed by atoms with Gasteiger partial charge in [0.1, 0.15) is 11.9 Å². The van der Waals surface area contributed by atoms with E-state index in [1.54, 1.807) is 0 Å². The van der Waals surface area contributed by atoms with Crippen LogP contribution in [0.15, 0.2) is 30.3 Å². The molecule has 0 unspecified atom stereocenters. The standard InChI is InChI=1S/C17H22N4/c1-13(2)21(3)10-6-9-19-17-15(12-18)11-14-7-4-5-8-16(14)20-17/h4-5,7-8,11,13H,6,9-10H2,1-3H3,(H,19,20). The van der Waals surface area contributed by atoms with E-state index in [1.807, 2.05) is 30.3 Å². The van der Waals surface area contributed by atoms with Crippen LogP contribution in [0, 0.1) is 11.3 Å². The Kier molecular flexibility index (Phi) is 5.13. The number of rotatable bonds is 6. The fraction of sp³-hybridized carbons (Fsp3) is 0.412. The van der Waals surface area contributed by atoms with Crippen LogP contribution < -0.4 is 5.32 Å². The van der Waals surface area contributed by atoms with Crippen LogP contribution in [-0.4, -0.2) is 36.1 Å². The largest absolute Gasteiger partial charge is 0.369 e. The molecular weight excluding hydrogens is 260 g/mol. The van der Waals surface area contributed by atoms with E-state index in [0.717, 1.165) is 30.4 Å². The van der Waals surface area contributed by atoms with Crippen molar-refractivity contribution in [2.75, 3.05) is 25.5 Å². The molecule has 0 spiro atoms. The number of para-hydroxylation sites is 1. The van der Waals surface area contributed by atoms with Gasteiger partial charge in [0.05, 0.1) is 11.1 Å². The van der Waals surface area contributed by atoms with Crippen LogP contribution in [-0.2, 0) is 0 Å². The maximum atomic E-state index is 9.26. The first-order valence-electron chi connectivity index (χ1n) is 7.36. The lowest BCUT2D eigenvalue weighted by Crippen LogP contribution is -2.28. The Morgan fingerprint density at radius 1 is 1.33 bits per heavy atom. The molecule has 0 bridgehead atoms. The average molecular weight is 282 g/mol. The highest BCUT2D eigenvalue weighted by Crippen LogP contribution is 2.19. The number of anilines is 1. The SMILES string of the molecule is CC(C)N(C)CCCNc1nc2ccccc2cc1C#N. The van der Waals surface area contributed by atoms with Crippen molar-refractivity contribution >= 4 is 16.7 Å². The second-order valence-corrected chi connectivity index (χ2v) is 5.54. The van der Waals surface area contributed by atoms with Crippen molar-refractivity contribution in [2.45, 2.75) is 26.3 Å². The highest BCUT2D eigenvalue weighted by atomic mass is 15.1. The minimum absolute atomic E-state index is 0.554. The molecule has 21 heavy (non-hydrogen) atoms. The van der Waals surface area contributed by atoms with Crippen molar-refractivity contribution < 1.29 is 0 Å². The van der Waals surface area contributed by atoms with Crippen LogP contribution in [0.4, 0.5) is 5.82 Å². The van der Waals surface area contributed by atoms with Crippen LogP contribution in [0.5, 0.6) is 0 Å². The maximum absolute atomic E-state index is 9.26. The first-order chi connectivity index (χ1) is 10.1. The van der Waals surface area contributed by atoms with Gasteiger partial charge in [-0.05, 0) is 46.0 Å². The monoisotopic (exact) mass is 282 g/mol. The number of pyridine rings is 1. The molecule has 1 N–H and O–H groups in total. The highest BCUT2D eigenvalue weighted by molar-refractivity contribution is 5.82. The molecule has 0 aliphatic heterocycles. The molecule has 0 fully saturated rings. The van der Waals surface area contributed by atoms with Gasteiger partial charge in [-0.25, -0.2) is 4.98 Å². The van der Waals surface area contributed by atoms with Crippen LogP contribution in [0.2, 0.25) is 0 Å². The summed E-state index contributed by atoms with van der Waals surface area (Å²) in [7, 11) is 2.12. The summed E-state index contributed by atoms with van der Waals surface area (Å²) in [5.41, 5.74) is 1.52. The number of nitriles is 1. The maximum Gasteiger partial charge on any atom is 0.144 e. The zero-order valence-electron chi connectivity index (χ0n) is 12.9. The molecular formula is C17H22N4. The molecule has 0 aliphatic carbocycles. The molecule has 0 radical (unpaired) electrons. The van der Waals surface area contributed by atoms with Gasteiger partial charge < -0.3 is 10.2 Å². The van der Waals surface area contributed by atoms with Crippen molar-refractivity contribution in [2.24, 2.45) is 0 Å². The number of aromatic nitrogens is 1. The van der Waals surface area contributed by atoms with Gasteiger partial charge in [0.15, 0.2) is 0 Å². The zero-order chi connectivity index (χ0) is 15.2. The molecule has 0 saturated heterocycles. The van der Waals surface area contributed by atoms with Crippen LogP contribution in [0.1, 0.15) is 25.8 Å². The van der Waals surface area contributed by atoms with Crippen molar-refractivity contribution in [1.82, 2.24) is 9.88 Å². The fourth-order valence-corrected chi connectivity index (χ4v) is 2.13. The Labute approximate surface area is 126 Å². The Bertz CT molecular complexity index is 643. The second kappa shape index (κ2) is 7.05.